The van der Waals surface area contributed by atoms with E-state index in [1.54, 1.807) is 47.4 Å². The first-order valence-corrected chi connectivity index (χ1v) is 13.2. The Labute approximate surface area is 227 Å². The highest BCUT2D eigenvalue weighted by molar-refractivity contribution is 5.96. The number of carbonyl (C=O) groups excluding carboxylic acids is 4. The smallest absolute Gasteiger partial charge is 0.328 e. The van der Waals surface area contributed by atoms with Gasteiger partial charge in [-0.05, 0) is 29.8 Å². The van der Waals surface area contributed by atoms with Crippen molar-refractivity contribution in [3.8, 4) is 5.75 Å². The SMILES string of the molecule is COC(=O)[C@H](Cc1ccc(OC)cc1)NC(=O)[C@H]1CN(C(=O)c2cccnc2)CCN1C(=O)C1CC[NH2+]CC1. The molecule has 0 aliphatic carbocycles. The molecule has 3 heterocycles. The third kappa shape index (κ3) is 6.91. The molecule has 2 aliphatic heterocycles. The summed E-state index contributed by atoms with van der Waals surface area (Å²) in [5.41, 5.74) is 1.21. The van der Waals surface area contributed by atoms with Crippen LogP contribution in [0.2, 0.25) is 0 Å². The molecule has 2 fully saturated rings. The molecule has 3 amide bonds. The van der Waals surface area contributed by atoms with Gasteiger partial charge in [0.1, 0.15) is 17.8 Å². The Balaban J connectivity index is 1.55. The van der Waals surface area contributed by atoms with E-state index in [0.29, 0.717) is 17.9 Å². The van der Waals surface area contributed by atoms with Crippen LogP contribution in [0.25, 0.3) is 0 Å². The van der Waals surface area contributed by atoms with Crippen LogP contribution in [0, 0.1) is 5.92 Å². The van der Waals surface area contributed by atoms with Gasteiger partial charge in [0.25, 0.3) is 5.91 Å². The molecule has 0 saturated carbocycles. The van der Waals surface area contributed by atoms with Crippen LogP contribution in [-0.2, 0) is 25.5 Å². The number of rotatable bonds is 8. The summed E-state index contributed by atoms with van der Waals surface area (Å²) < 4.78 is 10.2. The number of amides is 3. The van der Waals surface area contributed by atoms with Gasteiger partial charge in [0, 0.05) is 50.7 Å². The predicted molar refractivity (Wildman–Crippen MR) is 141 cm³/mol. The summed E-state index contributed by atoms with van der Waals surface area (Å²) in [6.45, 7) is 2.26. The van der Waals surface area contributed by atoms with Gasteiger partial charge in [0.2, 0.25) is 11.8 Å². The second-order valence-corrected chi connectivity index (χ2v) is 9.82. The maximum absolute atomic E-state index is 13.7. The molecule has 3 N–H and O–H groups in total. The lowest BCUT2D eigenvalue weighted by Crippen LogP contribution is -2.86. The lowest BCUT2D eigenvalue weighted by atomic mass is 9.95. The zero-order valence-corrected chi connectivity index (χ0v) is 22.4. The maximum atomic E-state index is 13.7. The molecule has 11 heteroatoms. The summed E-state index contributed by atoms with van der Waals surface area (Å²) in [4.78, 5) is 60.3. The maximum Gasteiger partial charge on any atom is 0.328 e. The molecule has 208 valence electrons. The summed E-state index contributed by atoms with van der Waals surface area (Å²) in [7, 11) is 2.83. The Hall–Kier alpha value is -3.99. The molecular weight excluding hydrogens is 502 g/mol. The van der Waals surface area contributed by atoms with E-state index >= 15 is 0 Å². The summed E-state index contributed by atoms with van der Waals surface area (Å²) >= 11 is 0. The van der Waals surface area contributed by atoms with Crippen LogP contribution in [0.15, 0.2) is 48.8 Å². The first-order chi connectivity index (χ1) is 18.9. The topological polar surface area (TPSA) is 135 Å². The van der Waals surface area contributed by atoms with Gasteiger partial charge in [-0.15, -0.1) is 0 Å². The Bertz CT molecular complexity index is 1150. The van der Waals surface area contributed by atoms with Crippen molar-refractivity contribution in [1.82, 2.24) is 20.1 Å². The summed E-state index contributed by atoms with van der Waals surface area (Å²) in [5.74, 6) is -0.934. The number of nitrogens with zero attached hydrogens (tertiary/aromatic N) is 3. The fourth-order valence-corrected chi connectivity index (χ4v) is 5.14. The van der Waals surface area contributed by atoms with E-state index in [1.807, 2.05) is 12.1 Å². The number of aromatic nitrogens is 1. The van der Waals surface area contributed by atoms with Gasteiger partial charge in [0.05, 0.1) is 39.4 Å². The number of piperidine rings is 1. The Morgan fingerprint density at radius 3 is 2.46 bits per heavy atom. The number of pyridine rings is 1. The van der Waals surface area contributed by atoms with E-state index in [1.165, 1.54) is 13.3 Å². The van der Waals surface area contributed by atoms with Crippen molar-refractivity contribution in [3.63, 3.8) is 0 Å². The van der Waals surface area contributed by atoms with Crippen molar-refractivity contribution < 1.29 is 34.0 Å². The molecule has 11 nitrogen and oxygen atoms in total. The normalized spacial score (nSPS) is 18.7. The lowest BCUT2D eigenvalue weighted by Gasteiger charge is -2.42. The number of hydrogen-bond acceptors (Lipinski definition) is 7. The van der Waals surface area contributed by atoms with Crippen molar-refractivity contribution in [3.05, 3.63) is 59.9 Å². The number of esters is 1. The van der Waals surface area contributed by atoms with E-state index in [-0.39, 0.29) is 37.2 Å². The lowest BCUT2D eigenvalue weighted by molar-refractivity contribution is -0.664. The molecule has 2 saturated heterocycles. The average molecular weight is 539 g/mol. The molecule has 0 bridgehead atoms. The second kappa shape index (κ2) is 13.2. The minimum Gasteiger partial charge on any atom is -0.497 e. The van der Waals surface area contributed by atoms with Crippen LogP contribution < -0.4 is 15.4 Å². The van der Waals surface area contributed by atoms with E-state index in [2.05, 4.69) is 15.6 Å². The molecule has 2 atom stereocenters. The number of benzene rings is 1. The van der Waals surface area contributed by atoms with Gasteiger partial charge >= 0.3 is 5.97 Å². The van der Waals surface area contributed by atoms with E-state index in [4.69, 9.17) is 9.47 Å². The minimum absolute atomic E-state index is 0.0145. The Morgan fingerprint density at radius 1 is 1.08 bits per heavy atom. The molecule has 39 heavy (non-hydrogen) atoms. The third-order valence-corrected chi connectivity index (χ3v) is 7.35. The molecular formula is C28H36N5O6+. The van der Waals surface area contributed by atoms with Crippen molar-refractivity contribution in [2.75, 3.05) is 46.9 Å². The second-order valence-electron chi connectivity index (χ2n) is 9.82. The molecule has 1 aromatic carbocycles. The van der Waals surface area contributed by atoms with Crippen LogP contribution in [0.1, 0.15) is 28.8 Å². The Morgan fingerprint density at radius 2 is 1.82 bits per heavy atom. The van der Waals surface area contributed by atoms with E-state index in [9.17, 15) is 19.2 Å². The van der Waals surface area contributed by atoms with Crippen molar-refractivity contribution >= 4 is 23.7 Å². The summed E-state index contributed by atoms with van der Waals surface area (Å²) in [5, 5.41) is 4.99. The predicted octanol–water partition coefficient (Wildman–Crippen LogP) is -0.383. The van der Waals surface area contributed by atoms with Gasteiger partial charge in [0.15, 0.2) is 0 Å². The molecule has 1 aromatic heterocycles. The summed E-state index contributed by atoms with van der Waals surface area (Å²) in [6, 6.07) is 8.60. The van der Waals surface area contributed by atoms with Crippen molar-refractivity contribution in [2.45, 2.75) is 31.3 Å². The highest BCUT2D eigenvalue weighted by atomic mass is 16.5. The molecule has 2 aliphatic rings. The van der Waals surface area contributed by atoms with Gasteiger partial charge in [-0.1, -0.05) is 12.1 Å². The molecule has 4 rings (SSSR count). The number of carbonyl (C=O) groups is 4. The fraction of sp³-hybridized carbons (Fsp3) is 0.464. The van der Waals surface area contributed by atoms with E-state index in [0.717, 1.165) is 31.5 Å². The molecule has 0 radical (unpaired) electrons. The van der Waals surface area contributed by atoms with Crippen LogP contribution in [-0.4, -0.2) is 97.5 Å². The fourth-order valence-electron chi connectivity index (χ4n) is 5.14. The van der Waals surface area contributed by atoms with Crippen LogP contribution >= 0.6 is 0 Å². The van der Waals surface area contributed by atoms with Crippen molar-refractivity contribution in [1.29, 1.82) is 0 Å². The van der Waals surface area contributed by atoms with Gasteiger partial charge in [-0.25, -0.2) is 4.79 Å². The average Bonchev–Trinajstić information content (AvgIpc) is 3.00. The highest BCUT2D eigenvalue weighted by Gasteiger charge is 2.41. The number of nitrogens with one attached hydrogen (secondary N) is 1. The van der Waals surface area contributed by atoms with Crippen molar-refractivity contribution in [2.24, 2.45) is 5.92 Å². The summed E-state index contributed by atoms with van der Waals surface area (Å²) in [6.07, 6.45) is 4.74. The largest absolute Gasteiger partial charge is 0.497 e. The monoisotopic (exact) mass is 538 g/mol. The Kier molecular flexibility index (Phi) is 9.48. The number of nitrogens with two attached hydrogens (primary N) is 1. The number of methoxy groups -OCH3 is 2. The number of hydrogen-bond donors (Lipinski definition) is 2. The zero-order chi connectivity index (χ0) is 27.8. The standard InChI is InChI=1S/C28H35N5O6/c1-38-22-7-5-19(6-8-22)16-23(28(37)39-2)31-25(34)24-18-32(26(35)21-4-3-11-30-17-21)14-15-33(24)27(36)20-9-12-29-13-10-20/h3-8,11,17,20,23-24,29H,9-10,12-16,18H2,1-2H3,(H,31,34)/p+1/t23-,24+/m0/s1. The van der Waals surface area contributed by atoms with Gasteiger partial charge in [-0.3, -0.25) is 19.4 Å². The van der Waals surface area contributed by atoms with Crippen LogP contribution in [0.4, 0.5) is 0 Å². The van der Waals surface area contributed by atoms with Gasteiger partial charge in [-0.2, -0.15) is 0 Å². The molecule has 0 spiro atoms. The zero-order valence-electron chi connectivity index (χ0n) is 22.4. The van der Waals surface area contributed by atoms with E-state index < -0.39 is 24.0 Å². The molecule has 2 aromatic rings. The first-order valence-electron chi connectivity index (χ1n) is 13.2. The minimum atomic E-state index is -0.971. The highest BCUT2D eigenvalue weighted by Crippen LogP contribution is 2.21. The van der Waals surface area contributed by atoms with Gasteiger partial charge < -0.3 is 29.9 Å². The number of quaternary nitrogens is 1. The number of ether oxygens (including phenoxy) is 2. The quantitative estimate of drug-likeness (QED) is 0.438. The van der Waals surface area contributed by atoms with Crippen LogP contribution in [0.5, 0.6) is 5.75 Å². The first kappa shape index (κ1) is 28.0. The van der Waals surface area contributed by atoms with Crippen LogP contribution in [0.3, 0.4) is 0 Å². The number of piperazine rings is 1. The molecule has 0 unspecified atom stereocenters. The third-order valence-electron chi connectivity index (χ3n) is 7.35.